The molecule has 4 aromatic carbocycles. The molecule has 47 heavy (non-hydrogen) atoms. The molecule has 9 nitrogen and oxygen atoms in total. The number of aromatic nitrogens is 7. The van der Waals surface area contributed by atoms with Crippen LogP contribution in [0.3, 0.4) is 0 Å². The van der Waals surface area contributed by atoms with Crippen LogP contribution >= 0.6 is 0 Å². The fourth-order valence-electron chi connectivity index (χ4n) is 5.19. The fourth-order valence-corrected chi connectivity index (χ4v) is 5.19. The summed E-state index contributed by atoms with van der Waals surface area (Å²) in [5.41, 5.74) is 1.92. The van der Waals surface area contributed by atoms with E-state index in [0.717, 1.165) is 46.1 Å². The van der Waals surface area contributed by atoms with E-state index in [1.807, 2.05) is 12.1 Å². The number of H-pyrrole nitrogens is 1. The van der Waals surface area contributed by atoms with Gasteiger partial charge in [0.25, 0.3) is 0 Å². The Kier molecular flexibility index (Phi) is 7.32. The molecule has 0 unspecified atom stereocenters. The molecule has 0 spiro atoms. The summed E-state index contributed by atoms with van der Waals surface area (Å²) in [6.45, 7) is 0. The second-order valence-electron chi connectivity index (χ2n) is 10.4. The molecule has 7 rings (SSSR count). The molecule has 0 amide bonds. The van der Waals surface area contributed by atoms with Crippen LogP contribution in [0.2, 0.25) is 0 Å². The number of carbonyl (C=O) groups excluding carboxylic acids is 2. The van der Waals surface area contributed by atoms with Gasteiger partial charge in [-0.05, 0) is 71.8 Å². The Hall–Kier alpha value is -6.50. The zero-order valence-electron chi connectivity index (χ0n) is 23.9. The number of nitrogens with zero attached hydrogens (tertiary/aromatic N) is 6. The minimum atomic E-state index is -1.01. The van der Waals surface area contributed by atoms with Gasteiger partial charge in [0, 0.05) is 33.9 Å². The first-order valence-corrected chi connectivity index (χ1v) is 13.9. The molecule has 0 saturated heterocycles. The Balaban J connectivity index is 1.32. The van der Waals surface area contributed by atoms with Gasteiger partial charge in [-0.15, -0.1) is 0 Å². The van der Waals surface area contributed by atoms with Gasteiger partial charge >= 0.3 is 0 Å². The van der Waals surface area contributed by atoms with Crippen molar-refractivity contribution >= 4 is 56.9 Å². The zero-order chi connectivity index (χ0) is 32.7. The first kappa shape index (κ1) is 29.2. The summed E-state index contributed by atoms with van der Waals surface area (Å²) < 4.78 is 58.6. The van der Waals surface area contributed by atoms with Crippen molar-refractivity contribution in [2.24, 2.45) is 0 Å². The van der Waals surface area contributed by atoms with E-state index in [0.29, 0.717) is 23.3 Å². The average Bonchev–Trinajstić information content (AvgIpc) is 3.84. The van der Waals surface area contributed by atoms with Crippen LogP contribution in [-0.2, 0) is 0 Å². The molecule has 13 heteroatoms. The van der Waals surface area contributed by atoms with Gasteiger partial charge in [0.2, 0.25) is 11.6 Å². The van der Waals surface area contributed by atoms with E-state index < -0.39 is 34.8 Å². The molecule has 0 aliphatic carbocycles. The monoisotopic (exact) mass is 633 g/mol. The van der Waals surface area contributed by atoms with Crippen molar-refractivity contribution in [2.45, 2.75) is 0 Å². The second kappa shape index (κ2) is 11.8. The summed E-state index contributed by atoms with van der Waals surface area (Å²) in [6.07, 6.45) is 8.06. The highest BCUT2D eigenvalue weighted by atomic mass is 19.1. The van der Waals surface area contributed by atoms with E-state index >= 15 is 0 Å². The number of allylic oxidation sites excluding steroid dienone is 2. The molecular formula is C34H19F4N7O2. The number of carbonyl (C=O) groups is 2. The molecule has 1 N–H and O–H groups in total. The van der Waals surface area contributed by atoms with Crippen molar-refractivity contribution in [1.29, 1.82) is 0 Å². The third-order valence-electron chi connectivity index (χ3n) is 7.40. The SMILES string of the molecule is O=C(/C(=C/c1ccc2[nH]c3ccc(/C=C(/C(=O)c4ccc(F)cc4F)n4cncn4)cc3c2c1)n1cncn1)c1ccc(F)cc1F. The summed E-state index contributed by atoms with van der Waals surface area (Å²) >= 11 is 0. The van der Waals surface area contributed by atoms with Crippen LogP contribution in [-0.4, -0.2) is 46.1 Å². The Morgan fingerprint density at radius 3 is 1.43 bits per heavy atom. The normalized spacial score (nSPS) is 12.3. The van der Waals surface area contributed by atoms with E-state index in [-0.39, 0.29) is 22.5 Å². The van der Waals surface area contributed by atoms with Gasteiger partial charge in [-0.3, -0.25) is 9.59 Å². The van der Waals surface area contributed by atoms with Crippen molar-refractivity contribution in [3.63, 3.8) is 0 Å². The van der Waals surface area contributed by atoms with E-state index in [1.165, 1.54) is 46.8 Å². The lowest BCUT2D eigenvalue weighted by Crippen LogP contribution is -2.12. The molecule has 0 bridgehead atoms. The van der Waals surface area contributed by atoms with Crippen LogP contribution in [0.4, 0.5) is 17.6 Å². The van der Waals surface area contributed by atoms with Crippen molar-refractivity contribution in [3.05, 3.63) is 144 Å². The summed E-state index contributed by atoms with van der Waals surface area (Å²) in [6, 6.07) is 16.1. The number of ketones is 2. The number of hydrogen-bond donors (Lipinski definition) is 1. The van der Waals surface area contributed by atoms with Gasteiger partial charge in [0.05, 0.1) is 11.1 Å². The quantitative estimate of drug-likeness (QED) is 0.112. The third-order valence-corrected chi connectivity index (χ3v) is 7.40. The lowest BCUT2D eigenvalue weighted by Gasteiger charge is -2.08. The number of fused-ring (bicyclic) bond motifs is 3. The number of rotatable bonds is 8. The molecule has 230 valence electrons. The van der Waals surface area contributed by atoms with Gasteiger partial charge in [-0.25, -0.2) is 36.9 Å². The number of benzene rings is 4. The van der Waals surface area contributed by atoms with E-state index in [9.17, 15) is 27.2 Å². The van der Waals surface area contributed by atoms with Crippen LogP contribution in [0.25, 0.3) is 45.4 Å². The Morgan fingerprint density at radius 1 is 0.596 bits per heavy atom. The van der Waals surface area contributed by atoms with Crippen LogP contribution < -0.4 is 0 Å². The summed E-state index contributed by atoms with van der Waals surface area (Å²) in [5.74, 6) is -5.13. The number of nitrogens with one attached hydrogen (secondary N) is 1. The highest BCUT2D eigenvalue weighted by molar-refractivity contribution is 6.28. The third kappa shape index (κ3) is 5.61. The van der Waals surface area contributed by atoms with Crippen LogP contribution in [0.1, 0.15) is 31.8 Å². The lowest BCUT2D eigenvalue weighted by atomic mass is 10.0. The van der Waals surface area contributed by atoms with E-state index in [1.54, 1.807) is 24.3 Å². The lowest BCUT2D eigenvalue weighted by molar-refractivity contribution is 0.103. The van der Waals surface area contributed by atoms with Gasteiger partial charge in [0.1, 0.15) is 60.0 Å². The number of halogens is 4. The molecule has 0 aliphatic heterocycles. The number of Topliss-reactive ketones (excluding diaryl/α,β-unsaturated/α-hetero) is 2. The first-order chi connectivity index (χ1) is 22.7. The van der Waals surface area contributed by atoms with Crippen LogP contribution in [0.5, 0.6) is 0 Å². The maximum atomic E-state index is 14.6. The standard InChI is InChI=1S/C34H19F4N7O2/c35-21-3-5-23(27(37)13-21)33(46)31(44-17-39-15-41-44)11-19-1-7-29-25(9-19)26-10-20(2-8-30(26)43-29)12-32(45-18-40-16-42-45)34(47)24-6-4-22(36)14-28(24)38/h1-18,43H/b31-11-,32-12-. The topological polar surface area (TPSA) is 111 Å². The van der Waals surface area contributed by atoms with E-state index in [4.69, 9.17) is 0 Å². The molecule has 0 atom stereocenters. The largest absolute Gasteiger partial charge is 0.355 e. The summed E-state index contributed by atoms with van der Waals surface area (Å²) in [7, 11) is 0. The molecule has 0 fully saturated rings. The van der Waals surface area contributed by atoms with Crippen LogP contribution in [0.15, 0.2) is 98.1 Å². The van der Waals surface area contributed by atoms with Crippen molar-refractivity contribution in [3.8, 4) is 0 Å². The Morgan fingerprint density at radius 2 is 1.04 bits per heavy atom. The molecule has 3 heterocycles. The highest BCUT2D eigenvalue weighted by Crippen LogP contribution is 2.30. The van der Waals surface area contributed by atoms with Crippen molar-refractivity contribution in [1.82, 2.24) is 34.5 Å². The minimum absolute atomic E-state index is 0.0279. The maximum Gasteiger partial charge on any atom is 0.214 e. The molecule has 0 saturated carbocycles. The number of hydrogen-bond acceptors (Lipinski definition) is 6. The highest BCUT2D eigenvalue weighted by Gasteiger charge is 2.21. The van der Waals surface area contributed by atoms with Gasteiger partial charge in [0.15, 0.2) is 0 Å². The average molecular weight is 634 g/mol. The molecule has 0 aliphatic rings. The summed E-state index contributed by atoms with van der Waals surface area (Å²) in [4.78, 5) is 38.0. The smallest absolute Gasteiger partial charge is 0.214 e. The maximum absolute atomic E-state index is 14.6. The second-order valence-corrected chi connectivity index (χ2v) is 10.4. The van der Waals surface area contributed by atoms with E-state index in [2.05, 4.69) is 25.1 Å². The van der Waals surface area contributed by atoms with Crippen molar-refractivity contribution < 1.29 is 27.2 Å². The predicted molar refractivity (Wildman–Crippen MR) is 166 cm³/mol. The van der Waals surface area contributed by atoms with Gasteiger partial charge < -0.3 is 4.98 Å². The molecule has 0 radical (unpaired) electrons. The summed E-state index contributed by atoms with van der Waals surface area (Å²) in [5, 5.41) is 9.58. The first-order valence-electron chi connectivity index (χ1n) is 13.9. The minimum Gasteiger partial charge on any atom is -0.355 e. The molecular weight excluding hydrogens is 614 g/mol. The Labute approximate surface area is 262 Å². The van der Waals surface area contributed by atoms with Crippen LogP contribution in [0, 0.1) is 23.3 Å². The Bertz CT molecular complexity index is 2230. The van der Waals surface area contributed by atoms with Gasteiger partial charge in [-0.2, -0.15) is 10.2 Å². The van der Waals surface area contributed by atoms with Crippen molar-refractivity contribution in [2.75, 3.05) is 0 Å². The zero-order valence-corrected chi connectivity index (χ0v) is 23.9. The molecule has 3 aromatic heterocycles. The van der Waals surface area contributed by atoms with Gasteiger partial charge in [-0.1, -0.05) is 12.1 Å². The fraction of sp³-hybridized carbons (Fsp3) is 0. The number of aromatic amines is 1. The molecule has 7 aromatic rings. The predicted octanol–water partition coefficient (Wildman–Crippen LogP) is 6.82.